The second kappa shape index (κ2) is 16.0. The van der Waals surface area contributed by atoms with Crippen LogP contribution in [0.4, 0.5) is 0 Å². The van der Waals surface area contributed by atoms with Gasteiger partial charge in [0.25, 0.3) is 0 Å². The molecule has 234 valence electrons. The van der Waals surface area contributed by atoms with Gasteiger partial charge >= 0.3 is 0 Å². The number of ether oxygens (including phenoxy) is 2. The minimum absolute atomic E-state index is 0.0261. The molecule has 1 aliphatic rings. The molecule has 10 nitrogen and oxygen atoms in total. The number of methoxy groups -OCH3 is 1. The van der Waals surface area contributed by atoms with Crippen LogP contribution in [0.5, 0.6) is 23.0 Å². The summed E-state index contributed by atoms with van der Waals surface area (Å²) in [5, 5.41) is 44.2. The molecule has 0 bridgehead atoms. The Morgan fingerprint density at radius 3 is 2.34 bits per heavy atom. The highest BCUT2D eigenvalue weighted by Gasteiger charge is 2.30. The molecule has 2 aromatic carbocycles. The number of phenols is 2. The lowest BCUT2D eigenvalue weighted by Crippen LogP contribution is -2.30. The molecule has 5 N–H and O–H groups in total. The number of ketones is 1. The summed E-state index contributed by atoms with van der Waals surface area (Å²) < 4.78 is 10.9. The van der Waals surface area contributed by atoms with Gasteiger partial charge in [0.15, 0.2) is 29.2 Å². The van der Waals surface area contributed by atoms with Crippen LogP contribution in [0.25, 0.3) is 0 Å². The summed E-state index contributed by atoms with van der Waals surface area (Å²) in [6.45, 7) is 3.79. The standard InChI is InChI=1S/C34H41N3O7/c1-22(38)18-37-21-44-34-16-24(4-6-30(34)40)12-28(14-26-8-10-36-20-26)32(42)17-31(41)27(13-25-7-9-35-19-25)11-23-3-5-29(39)33(15-23)43-2/h3-10,15-16,19-20,22,27-28,31,37-41H,11-14,17-18,21H2,1-2H3. The van der Waals surface area contributed by atoms with E-state index in [1.54, 1.807) is 62.4 Å². The van der Waals surface area contributed by atoms with Gasteiger partial charge in [-0.05, 0) is 67.5 Å². The second-order valence-corrected chi connectivity index (χ2v) is 11.2. The van der Waals surface area contributed by atoms with Crippen molar-refractivity contribution in [3.63, 3.8) is 0 Å². The van der Waals surface area contributed by atoms with Crippen molar-refractivity contribution in [2.75, 3.05) is 20.4 Å². The molecule has 10 heteroatoms. The number of carbonyl (C=O) groups is 1. The molecule has 0 amide bonds. The highest BCUT2D eigenvalue weighted by Crippen LogP contribution is 2.32. The summed E-state index contributed by atoms with van der Waals surface area (Å²) in [6.07, 6.45) is 7.38. The maximum Gasteiger partial charge on any atom is 0.176 e. The van der Waals surface area contributed by atoms with Gasteiger partial charge in [-0.1, -0.05) is 23.8 Å². The molecular weight excluding hydrogens is 562 g/mol. The normalized spacial score (nSPS) is 15.2. The van der Waals surface area contributed by atoms with Crippen LogP contribution in [0.15, 0.2) is 71.5 Å². The number of aromatic nitrogens is 1. The molecule has 4 unspecified atom stereocenters. The number of aliphatic hydroxyl groups excluding tert-OH is 2. The SMILES string of the molecule is COc1cc(CC(Cc2cc[n-]c2)C(O)CC(=O)C(CC2=C[CH+]N=C2)Cc2ccc(O)c(OCNCC(C)O)c2)ccc1O. The fraction of sp³-hybridized carbons (Fsp3) is 0.382. The van der Waals surface area contributed by atoms with Gasteiger partial charge < -0.3 is 34.9 Å². The predicted molar refractivity (Wildman–Crippen MR) is 167 cm³/mol. The first-order chi connectivity index (χ1) is 21.2. The number of hydrogen-bond acceptors (Lipinski definition) is 9. The number of allylic oxidation sites excluding steroid dienone is 1. The summed E-state index contributed by atoms with van der Waals surface area (Å²) >= 11 is 0. The van der Waals surface area contributed by atoms with E-state index in [4.69, 9.17) is 9.47 Å². The smallest absolute Gasteiger partial charge is 0.176 e. The predicted octanol–water partition coefficient (Wildman–Crippen LogP) is 3.51. The summed E-state index contributed by atoms with van der Waals surface area (Å²) in [4.78, 5) is 22.2. The van der Waals surface area contributed by atoms with Gasteiger partial charge in [-0.25, -0.2) is 0 Å². The summed E-state index contributed by atoms with van der Waals surface area (Å²) in [5.74, 6) is -0.192. The third-order valence-electron chi connectivity index (χ3n) is 7.64. The number of Topliss-reactive ketones (excluding diaryl/α,β-unsaturated/α-hetero) is 1. The minimum atomic E-state index is -0.934. The van der Waals surface area contributed by atoms with Crippen LogP contribution < -0.4 is 19.8 Å². The zero-order valence-electron chi connectivity index (χ0n) is 25.1. The Balaban J connectivity index is 1.50. The van der Waals surface area contributed by atoms with Crippen LogP contribution in [-0.2, 0) is 24.1 Å². The van der Waals surface area contributed by atoms with Crippen molar-refractivity contribution in [1.29, 1.82) is 0 Å². The van der Waals surface area contributed by atoms with Crippen LogP contribution >= 0.6 is 0 Å². The number of carbonyl (C=O) groups excluding carboxylic acids is 1. The van der Waals surface area contributed by atoms with E-state index < -0.39 is 18.1 Å². The molecule has 1 aliphatic heterocycles. The topological polar surface area (TPSA) is 155 Å². The molecule has 0 aliphatic carbocycles. The van der Waals surface area contributed by atoms with Crippen molar-refractivity contribution in [3.05, 3.63) is 89.7 Å². The third-order valence-corrected chi connectivity index (χ3v) is 7.64. The monoisotopic (exact) mass is 603 g/mol. The number of phenolic OH excluding ortho intramolecular Hbond substituents is 2. The van der Waals surface area contributed by atoms with Gasteiger partial charge in [-0.3, -0.25) is 10.1 Å². The molecule has 0 radical (unpaired) electrons. The first-order valence-electron chi connectivity index (χ1n) is 14.7. The highest BCUT2D eigenvalue weighted by atomic mass is 16.5. The lowest BCUT2D eigenvalue weighted by Gasteiger charge is -2.25. The van der Waals surface area contributed by atoms with Gasteiger partial charge in [0.2, 0.25) is 0 Å². The van der Waals surface area contributed by atoms with E-state index in [1.807, 2.05) is 12.1 Å². The van der Waals surface area contributed by atoms with E-state index in [0.717, 1.165) is 22.3 Å². The maximum absolute atomic E-state index is 13.9. The Bertz CT molecular complexity index is 1420. The second-order valence-electron chi connectivity index (χ2n) is 11.2. The van der Waals surface area contributed by atoms with E-state index in [-0.39, 0.29) is 42.1 Å². The molecule has 4 rings (SSSR count). The Hall–Kier alpha value is -4.25. The third kappa shape index (κ3) is 9.63. The van der Waals surface area contributed by atoms with Gasteiger partial charge in [0, 0.05) is 25.3 Å². The van der Waals surface area contributed by atoms with E-state index in [2.05, 4.69) is 15.3 Å². The van der Waals surface area contributed by atoms with Gasteiger partial charge in [-0.15, -0.1) is 4.99 Å². The summed E-state index contributed by atoms with van der Waals surface area (Å²) in [6, 6.07) is 12.0. The van der Waals surface area contributed by atoms with Crippen LogP contribution in [-0.4, -0.2) is 65.0 Å². The largest absolute Gasteiger partial charge is 0.670 e. The molecule has 0 saturated carbocycles. The number of benzene rings is 2. The number of aliphatic imine (C=N–C) groups is 1. The highest BCUT2D eigenvalue weighted by molar-refractivity contribution is 5.86. The fourth-order valence-corrected chi connectivity index (χ4v) is 5.29. The van der Waals surface area contributed by atoms with Gasteiger partial charge in [-0.2, -0.15) is 12.4 Å². The van der Waals surface area contributed by atoms with Crippen molar-refractivity contribution in [3.8, 4) is 23.0 Å². The molecule has 2 heterocycles. The molecule has 4 atom stereocenters. The minimum Gasteiger partial charge on any atom is -0.670 e. The quantitative estimate of drug-likeness (QED) is 0.0835. The lowest BCUT2D eigenvalue weighted by atomic mass is 9.82. The number of rotatable bonds is 18. The van der Waals surface area contributed by atoms with Crippen molar-refractivity contribution < 1.29 is 34.7 Å². The molecule has 1 aromatic heterocycles. The van der Waals surface area contributed by atoms with Crippen molar-refractivity contribution in [1.82, 2.24) is 10.3 Å². The Morgan fingerprint density at radius 1 is 0.977 bits per heavy atom. The Kier molecular flexibility index (Phi) is 11.9. The van der Waals surface area contributed by atoms with Crippen LogP contribution in [0, 0.1) is 18.4 Å². The first-order valence-corrected chi connectivity index (χ1v) is 14.7. The lowest BCUT2D eigenvalue weighted by molar-refractivity contribution is -0.125. The van der Waals surface area contributed by atoms with Gasteiger partial charge in [0.05, 0.1) is 25.4 Å². The summed E-state index contributed by atoms with van der Waals surface area (Å²) in [7, 11) is 1.49. The summed E-state index contributed by atoms with van der Waals surface area (Å²) in [5.41, 5.74) is 3.56. The zero-order valence-corrected chi connectivity index (χ0v) is 25.1. The Morgan fingerprint density at radius 2 is 1.68 bits per heavy atom. The van der Waals surface area contributed by atoms with E-state index in [1.165, 1.54) is 13.2 Å². The van der Waals surface area contributed by atoms with Crippen molar-refractivity contribution in [2.45, 2.75) is 51.2 Å². The van der Waals surface area contributed by atoms with Crippen molar-refractivity contribution >= 4 is 12.0 Å². The first kappa shape index (κ1) is 32.7. The van der Waals surface area contributed by atoms with Gasteiger partial charge in [0.1, 0.15) is 24.6 Å². The number of nitrogens with one attached hydrogen (secondary N) is 1. The molecular formula is C34H41N3O7. The number of nitrogens with zero attached hydrogens (tertiary/aromatic N) is 2. The fourth-order valence-electron chi connectivity index (χ4n) is 5.29. The molecule has 0 fully saturated rings. The number of hydrogen-bond donors (Lipinski definition) is 5. The molecule has 44 heavy (non-hydrogen) atoms. The van der Waals surface area contributed by atoms with E-state index >= 15 is 0 Å². The van der Waals surface area contributed by atoms with Crippen LogP contribution in [0.1, 0.15) is 36.5 Å². The average Bonchev–Trinajstić information content (AvgIpc) is 3.71. The zero-order chi connectivity index (χ0) is 31.5. The maximum atomic E-state index is 13.9. The molecule has 0 saturated heterocycles. The van der Waals surface area contributed by atoms with Crippen LogP contribution in [0.2, 0.25) is 0 Å². The van der Waals surface area contributed by atoms with Crippen LogP contribution in [0.3, 0.4) is 0 Å². The Labute approximate surface area is 258 Å². The van der Waals surface area contributed by atoms with E-state index in [0.29, 0.717) is 38.0 Å². The molecule has 0 spiro atoms. The number of aromatic hydroxyl groups is 2. The van der Waals surface area contributed by atoms with Crippen molar-refractivity contribution in [2.24, 2.45) is 16.8 Å². The number of aliphatic hydroxyl groups is 2. The van der Waals surface area contributed by atoms with E-state index in [9.17, 15) is 25.2 Å². The average molecular weight is 604 g/mol. The molecule has 3 aromatic rings.